The number of nitrogens with zero attached hydrogens (tertiary/aromatic N) is 2. The topological polar surface area (TPSA) is 73.6 Å². The molecule has 0 aliphatic carbocycles. The lowest BCUT2D eigenvalue weighted by molar-refractivity contribution is 0.680. The van der Waals surface area contributed by atoms with Crippen LogP contribution in [0.1, 0.15) is 17.0 Å². The summed E-state index contributed by atoms with van der Waals surface area (Å²) in [6, 6.07) is 3.97. The van der Waals surface area contributed by atoms with Crippen molar-refractivity contribution in [2.75, 3.05) is 0 Å². The minimum atomic E-state index is -0.0340. The summed E-state index contributed by atoms with van der Waals surface area (Å²) >= 11 is 1.16. The molecule has 2 heterocycles. The molecular formula is C11H12N4OS. The Balaban J connectivity index is 1.90. The van der Waals surface area contributed by atoms with Gasteiger partial charge in [0.1, 0.15) is 11.8 Å². The van der Waals surface area contributed by atoms with Crippen molar-refractivity contribution in [1.82, 2.24) is 14.9 Å². The highest BCUT2D eigenvalue weighted by Crippen LogP contribution is 2.06. The molecule has 0 aliphatic rings. The molecule has 0 aliphatic heterocycles. The highest BCUT2D eigenvalue weighted by molar-refractivity contribution is 7.07. The van der Waals surface area contributed by atoms with Gasteiger partial charge in [-0.1, -0.05) is 11.3 Å². The van der Waals surface area contributed by atoms with E-state index in [0.29, 0.717) is 18.8 Å². The van der Waals surface area contributed by atoms with Gasteiger partial charge in [-0.3, -0.25) is 4.79 Å². The van der Waals surface area contributed by atoms with Gasteiger partial charge in [-0.2, -0.15) is 5.26 Å². The summed E-state index contributed by atoms with van der Waals surface area (Å²) < 4.78 is 1.80. The van der Waals surface area contributed by atoms with Crippen LogP contribution in [0.5, 0.6) is 0 Å². The van der Waals surface area contributed by atoms with Crippen molar-refractivity contribution in [3.05, 3.63) is 44.3 Å². The van der Waals surface area contributed by atoms with E-state index >= 15 is 0 Å². The first-order chi connectivity index (χ1) is 8.19. The molecule has 0 unspecified atom stereocenters. The summed E-state index contributed by atoms with van der Waals surface area (Å²) in [5.41, 5.74) is 2.59. The normalized spacial score (nSPS) is 10.4. The fourth-order valence-corrected chi connectivity index (χ4v) is 2.16. The molecule has 2 rings (SSSR count). The molecule has 0 atom stereocenters. The molecule has 2 aromatic heterocycles. The Hall–Kier alpha value is -1.84. The van der Waals surface area contributed by atoms with E-state index in [1.54, 1.807) is 9.95 Å². The van der Waals surface area contributed by atoms with Crippen LogP contribution in [0.4, 0.5) is 0 Å². The van der Waals surface area contributed by atoms with E-state index in [0.717, 1.165) is 22.6 Å². The Labute approximate surface area is 102 Å². The summed E-state index contributed by atoms with van der Waals surface area (Å²) in [7, 11) is 1.85. The zero-order valence-electron chi connectivity index (χ0n) is 9.36. The highest BCUT2D eigenvalue weighted by atomic mass is 32.1. The first-order valence-corrected chi connectivity index (χ1v) is 6.00. The fourth-order valence-electron chi connectivity index (χ4n) is 1.58. The molecule has 2 aromatic rings. The van der Waals surface area contributed by atoms with Crippen LogP contribution in [-0.2, 0) is 20.1 Å². The van der Waals surface area contributed by atoms with Crippen molar-refractivity contribution in [3.63, 3.8) is 0 Å². The molecule has 17 heavy (non-hydrogen) atoms. The van der Waals surface area contributed by atoms with Gasteiger partial charge in [-0.15, -0.1) is 0 Å². The second kappa shape index (κ2) is 4.99. The Morgan fingerprint density at radius 3 is 3.00 bits per heavy atom. The second-order valence-electron chi connectivity index (χ2n) is 3.73. The van der Waals surface area contributed by atoms with E-state index in [2.05, 4.69) is 16.4 Å². The van der Waals surface area contributed by atoms with Crippen molar-refractivity contribution in [1.29, 1.82) is 5.26 Å². The van der Waals surface area contributed by atoms with E-state index in [9.17, 15) is 4.79 Å². The van der Waals surface area contributed by atoms with Crippen LogP contribution in [0.3, 0.4) is 0 Å². The average molecular weight is 248 g/mol. The zero-order valence-corrected chi connectivity index (χ0v) is 10.2. The quantitative estimate of drug-likeness (QED) is 0.845. The number of nitriles is 1. The molecule has 5 nitrogen and oxygen atoms in total. The Kier molecular flexibility index (Phi) is 3.42. The van der Waals surface area contributed by atoms with E-state index < -0.39 is 0 Å². The number of aromatic nitrogens is 2. The maximum atomic E-state index is 10.9. The molecule has 0 saturated carbocycles. The van der Waals surface area contributed by atoms with Crippen molar-refractivity contribution in [3.8, 4) is 6.07 Å². The van der Waals surface area contributed by atoms with Crippen LogP contribution in [0.15, 0.2) is 22.4 Å². The van der Waals surface area contributed by atoms with Gasteiger partial charge in [0.05, 0.1) is 0 Å². The number of hydrogen-bond acceptors (Lipinski definition) is 4. The molecule has 0 amide bonds. The SMILES string of the molecule is Cn1cc(CNCc2csc(=O)[nH]2)cc1C#N. The number of hydrogen-bond donors (Lipinski definition) is 2. The third kappa shape index (κ3) is 2.84. The maximum Gasteiger partial charge on any atom is 0.304 e. The van der Waals surface area contributed by atoms with Crippen LogP contribution < -0.4 is 10.2 Å². The summed E-state index contributed by atoms with van der Waals surface area (Å²) in [5.74, 6) is 0. The number of thiazole rings is 1. The van der Waals surface area contributed by atoms with Gasteiger partial charge in [-0.05, 0) is 11.6 Å². The van der Waals surface area contributed by atoms with Crippen molar-refractivity contribution in [2.24, 2.45) is 7.05 Å². The Morgan fingerprint density at radius 1 is 1.59 bits per heavy atom. The lowest BCUT2D eigenvalue weighted by Crippen LogP contribution is -2.13. The summed E-state index contributed by atoms with van der Waals surface area (Å²) in [4.78, 5) is 13.6. The molecule has 0 saturated heterocycles. The molecule has 0 radical (unpaired) electrons. The largest absolute Gasteiger partial charge is 0.342 e. The Bertz CT molecular complexity index is 602. The third-order valence-corrected chi connectivity index (χ3v) is 3.11. The lowest BCUT2D eigenvalue weighted by Gasteiger charge is -2.00. The first-order valence-electron chi connectivity index (χ1n) is 5.12. The maximum absolute atomic E-state index is 10.9. The first kappa shape index (κ1) is 11.6. The minimum Gasteiger partial charge on any atom is -0.342 e. The molecule has 0 aromatic carbocycles. The summed E-state index contributed by atoms with van der Waals surface area (Å²) in [6.45, 7) is 1.29. The molecule has 0 spiro atoms. The zero-order chi connectivity index (χ0) is 12.3. The van der Waals surface area contributed by atoms with Gasteiger partial charge in [0.15, 0.2) is 0 Å². The number of aryl methyl sites for hydroxylation is 1. The predicted molar refractivity (Wildman–Crippen MR) is 65.6 cm³/mol. The molecule has 2 N–H and O–H groups in total. The molecule has 6 heteroatoms. The highest BCUT2D eigenvalue weighted by Gasteiger charge is 2.02. The average Bonchev–Trinajstić information content (AvgIpc) is 2.85. The van der Waals surface area contributed by atoms with E-state index in [1.165, 1.54) is 0 Å². The number of H-pyrrole nitrogens is 1. The minimum absolute atomic E-state index is 0.0340. The predicted octanol–water partition coefficient (Wildman–Crippen LogP) is 0.936. The second-order valence-corrected chi connectivity index (χ2v) is 4.58. The number of aromatic amines is 1. The van der Waals surface area contributed by atoms with E-state index in [-0.39, 0.29) is 4.87 Å². The van der Waals surface area contributed by atoms with Crippen LogP contribution in [0, 0.1) is 11.3 Å². The standard InChI is InChI=1S/C11H12N4OS/c1-15-6-8(2-10(15)3-12)4-13-5-9-7-17-11(16)14-9/h2,6-7,13H,4-5H2,1H3,(H,14,16). The van der Waals surface area contributed by atoms with Gasteiger partial charge in [0.25, 0.3) is 0 Å². The van der Waals surface area contributed by atoms with Gasteiger partial charge in [-0.25, -0.2) is 0 Å². The van der Waals surface area contributed by atoms with Crippen molar-refractivity contribution in [2.45, 2.75) is 13.1 Å². The molecule has 0 bridgehead atoms. The van der Waals surface area contributed by atoms with Crippen LogP contribution >= 0.6 is 11.3 Å². The van der Waals surface area contributed by atoms with Crippen molar-refractivity contribution < 1.29 is 0 Å². The summed E-state index contributed by atoms with van der Waals surface area (Å²) in [5, 5.41) is 13.8. The smallest absolute Gasteiger partial charge is 0.304 e. The Morgan fingerprint density at radius 2 is 2.41 bits per heavy atom. The molecule has 0 fully saturated rings. The molecule has 88 valence electrons. The van der Waals surface area contributed by atoms with E-state index in [4.69, 9.17) is 5.26 Å². The van der Waals surface area contributed by atoms with Crippen molar-refractivity contribution >= 4 is 11.3 Å². The van der Waals surface area contributed by atoms with Crippen LogP contribution in [0.25, 0.3) is 0 Å². The monoisotopic (exact) mass is 248 g/mol. The third-order valence-electron chi connectivity index (χ3n) is 2.39. The van der Waals surface area contributed by atoms with Gasteiger partial charge >= 0.3 is 4.87 Å². The number of nitrogens with one attached hydrogen (secondary N) is 2. The van der Waals surface area contributed by atoms with Gasteiger partial charge in [0.2, 0.25) is 0 Å². The number of rotatable bonds is 4. The van der Waals surface area contributed by atoms with Gasteiger partial charge in [0, 0.05) is 37.4 Å². The summed E-state index contributed by atoms with van der Waals surface area (Å²) in [6.07, 6.45) is 1.92. The van der Waals surface area contributed by atoms with E-state index in [1.807, 2.05) is 19.3 Å². The lowest BCUT2D eigenvalue weighted by atomic mass is 10.3. The van der Waals surface area contributed by atoms with Crippen LogP contribution in [0.2, 0.25) is 0 Å². The van der Waals surface area contributed by atoms with Crippen LogP contribution in [-0.4, -0.2) is 9.55 Å². The fraction of sp³-hybridized carbons (Fsp3) is 0.273. The molecular weight excluding hydrogens is 236 g/mol. The van der Waals surface area contributed by atoms with Gasteiger partial charge < -0.3 is 14.9 Å².